The molecule has 23 heavy (non-hydrogen) atoms. The molecule has 2 heterocycles. The van der Waals surface area contributed by atoms with Gasteiger partial charge in [-0.3, -0.25) is 4.99 Å². The van der Waals surface area contributed by atoms with Crippen LogP contribution in [0, 0.1) is 19.8 Å². The maximum atomic E-state index is 5.07. The van der Waals surface area contributed by atoms with Crippen LogP contribution >= 0.6 is 31.9 Å². The maximum absolute atomic E-state index is 5.07. The SMILES string of the molecule is Cc1ccc(C2CC(C3CC3)N=C3C(Br)=CC(Br)=CN32)c(C)c1. The molecule has 120 valence electrons. The van der Waals surface area contributed by atoms with Crippen molar-refractivity contribution >= 4 is 37.7 Å². The highest BCUT2D eigenvalue weighted by atomic mass is 79.9. The van der Waals surface area contributed by atoms with E-state index in [0.29, 0.717) is 12.1 Å². The Morgan fingerprint density at radius 1 is 1.17 bits per heavy atom. The third-order valence-electron chi connectivity index (χ3n) is 5.02. The average Bonchev–Trinajstić information content (AvgIpc) is 3.31. The molecule has 1 aliphatic carbocycles. The second-order valence-corrected chi connectivity index (χ2v) is 8.65. The van der Waals surface area contributed by atoms with E-state index in [1.165, 1.54) is 29.5 Å². The number of halogens is 2. The summed E-state index contributed by atoms with van der Waals surface area (Å²) in [6, 6.07) is 7.64. The number of aryl methyl sites for hydroxylation is 2. The molecule has 0 saturated heterocycles. The van der Waals surface area contributed by atoms with Crippen LogP contribution in [-0.2, 0) is 0 Å². The molecule has 0 N–H and O–H groups in total. The molecule has 2 atom stereocenters. The van der Waals surface area contributed by atoms with Crippen molar-refractivity contribution in [1.29, 1.82) is 0 Å². The Bertz CT molecular complexity index is 744. The zero-order valence-corrected chi connectivity index (χ0v) is 16.6. The smallest absolute Gasteiger partial charge is 0.143 e. The van der Waals surface area contributed by atoms with Gasteiger partial charge in [0.05, 0.1) is 16.6 Å². The lowest BCUT2D eigenvalue weighted by Gasteiger charge is -2.40. The summed E-state index contributed by atoms with van der Waals surface area (Å²) >= 11 is 7.35. The Labute approximate surface area is 154 Å². The number of benzene rings is 1. The minimum atomic E-state index is 0.363. The van der Waals surface area contributed by atoms with Crippen molar-refractivity contribution in [3.05, 3.63) is 56.1 Å². The fraction of sp³-hybridized carbons (Fsp3) is 0.421. The largest absolute Gasteiger partial charge is 0.324 e. The van der Waals surface area contributed by atoms with Gasteiger partial charge in [-0.1, -0.05) is 23.8 Å². The van der Waals surface area contributed by atoms with Gasteiger partial charge in [-0.15, -0.1) is 0 Å². The fourth-order valence-electron chi connectivity index (χ4n) is 3.71. The molecule has 1 saturated carbocycles. The Morgan fingerprint density at radius 3 is 2.65 bits per heavy atom. The van der Waals surface area contributed by atoms with E-state index in [1.807, 2.05) is 0 Å². The quantitative estimate of drug-likeness (QED) is 0.576. The van der Waals surface area contributed by atoms with Crippen molar-refractivity contribution in [2.75, 3.05) is 0 Å². The molecule has 1 aromatic carbocycles. The van der Waals surface area contributed by atoms with Crippen LogP contribution in [0.2, 0.25) is 0 Å². The molecule has 4 heteroatoms. The standard InChI is InChI=1S/C19H20Br2N2/c1-11-3-6-15(12(2)7-11)18-9-17(13-4-5-13)22-19-16(21)8-14(20)10-23(18)19/h3,6-8,10,13,17-18H,4-5,9H2,1-2H3. The van der Waals surface area contributed by atoms with E-state index in [-0.39, 0.29) is 0 Å². The molecular weight excluding hydrogens is 416 g/mol. The van der Waals surface area contributed by atoms with Crippen molar-refractivity contribution in [2.45, 2.75) is 45.2 Å². The third-order valence-corrected chi connectivity index (χ3v) is 6.04. The van der Waals surface area contributed by atoms with Gasteiger partial charge in [-0.05, 0) is 88.1 Å². The van der Waals surface area contributed by atoms with Gasteiger partial charge < -0.3 is 4.90 Å². The number of rotatable bonds is 2. The predicted octanol–water partition coefficient (Wildman–Crippen LogP) is 5.76. The first-order valence-corrected chi connectivity index (χ1v) is 9.79. The second-order valence-electron chi connectivity index (χ2n) is 6.88. The number of fused-ring (bicyclic) bond motifs is 1. The van der Waals surface area contributed by atoms with Crippen LogP contribution in [0.25, 0.3) is 0 Å². The van der Waals surface area contributed by atoms with E-state index in [0.717, 1.165) is 27.1 Å². The molecule has 0 aromatic heterocycles. The van der Waals surface area contributed by atoms with E-state index < -0.39 is 0 Å². The summed E-state index contributed by atoms with van der Waals surface area (Å²) in [5.74, 6) is 1.87. The summed E-state index contributed by atoms with van der Waals surface area (Å²) in [6.45, 7) is 4.39. The Kier molecular flexibility index (Phi) is 4.01. The first-order valence-electron chi connectivity index (χ1n) is 8.21. The van der Waals surface area contributed by atoms with Crippen molar-refractivity contribution in [2.24, 2.45) is 10.9 Å². The van der Waals surface area contributed by atoms with Crippen molar-refractivity contribution < 1.29 is 0 Å². The van der Waals surface area contributed by atoms with Gasteiger partial charge in [-0.25, -0.2) is 0 Å². The molecule has 4 rings (SSSR count). The van der Waals surface area contributed by atoms with Crippen LogP contribution in [0.1, 0.15) is 42.0 Å². The number of nitrogens with zero attached hydrogens (tertiary/aromatic N) is 2. The van der Waals surface area contributed by atoms with E-state index >= 15 is 0 Å². The van der Waals surface area contributed by atoms with Crippen LogP contribution in [0.15, 0.2) is 44.4 Å². The minimum Gasteiger partial charge on any atom is -0.324 e. The number of hydrogen-bond acceptors (Lipinski definition) is 2. The first-order chi connectivity index (χ1) is 11.0. The van der Waals surface area contributed by atoms with Crippen molar-refractivity contribution in [3.8, 4) is 0 Å². The van der Waals surface area contributed by atoms with E-state index in [1.54, 1.807) is 0 Å². The minimum absolute atomic E-state index is 0.363. The van der Waals surface area contributed by atoms with Crippen LogP contribution in [0.4, 0.5) is 0 Å². The number of aliphatic imine (C=N–C) groups is 1. The van der Waals surface area contributed by atoms with E-state index in [4.69, 9.17) is 4.99 Å². The highest BCUT2D eigenvalue weighted by Crippen LogP contribution is 2.45. The van der Waals surface area contributed by atoms with Gasteiger partial charge in [0.2, 0.25) is 0 Å². The number of amidine groups is 1. The summed E-state index contributed by atoms with van der Waals surface area (Å²) in [5, 5.41) is 0. The molecule has 0 spiro atoms. The van der Waals surface area contributed by atoms with Crippen molar-refractivity contribution in [3.63, 3.8) is 0 Å². The topological polar surface area (TPSA) is 15.6 Å². The molecular formula is C19H20Br2N2. The first kappa shape index (κ1) is 15.6. The normalized spacial score (nSPS) is 27.1. The summed E-state index contributed by atoms with van der Waals surface area (Å²) in [4.78, 5) is 7.40. The molecule has 1 aromatic rings. The molecule has 0 amide bonds. The maximum Gasteiger partial charge on any atom is 0.143 e. The van der Waals surface area contributed by atoms with Crippen LogP contribution < -0.4 is 0 Å². The van der Waals surface area contributed by atoms with Crippen LogP contribution in [0.3, 0.4) is 0 Å². The zero-order valence-electron chi connectivity index (χ0n) is 13.4. The molecule has 3 aliphatic rings. The van der Waals surface area contributed by atoms with Gasteiger partial charge in [0.15, 0.2) is 0 Å². The molecule has 2 unspecified atom stereocenters. The molecule has 0 radical (unpaired) electrons. The van der Waals surface area contributed by atoms with Crippen LogP contribution in [0.5, 0.6) is 0 Å². The third kappa shape index (κ3) is 2.96. The van der Waals surface area contributed by atoms with Gasteiger partial charge >= 0.3 is 0 Å². The monoisotopic (exact) mass is 434 g/mol. The lowest BCUT2D eigenvalue weighted by molar-refractivity contribution is 0.317. The van der Waals surface area contributed by atoms with E-state index in [9.17, 15) is 0 Å². The second kappa shape index (κ2) is 5.89. The zero-order chi connectivity index (χ0) is 16.1. The summed E-state index contributed by atoms with van der Waals surface area (Å²) in [7, 11) is 0. The lowest BCUT2D eigenvalue weighted by atomic mass is 9.90. The number of allylic oxidation sites excluding steroid dienone is 2. The summed E-state index contributed by atoms with van der Waals surface area (Å²) in [5.41, 5.74) is 4.12. The average molecular weight is 436 g/mol. The summed E-state index contributed by atoms with van der Waals surface area (Å²) < 4.78 is 2.16. The van der Waals surface area contributed by atoms with E-state index in [2.05, 4.69) is 81.1 Å². The highest BCUT2D eigenvalue weighted by Gasteiger charge is 2.40. The number of hydrogen-bond donors (Lipinski definition) is 0. The lowest BCUT2D eigenvalue weighted by Crippen LogP contribution is -2.40. The van der Waals surface area contributed by atoms with Crippen LogP contribution in [-0.4, -0.2) is 16.8 Å². The fourth-order valence-corrected chi connectivity index (χ4v) is 5.02. The summed E-state index contributed by atoms with van der Waals surface area (Å²) in [6.07, 6.45) is 8.05. The van der Waals surface area contributed by atoms with Gasteiger partial charge in [0.25, 0.3) is 0 Å². The molecule has 2 nitrogen and oxygen atoms in total. The van der Waals surface area contributed by atoms with Gasteiger partial charge in [-0.2, -0.15) is 0 Å². The van der Waals surface area contributed by atoms with Gasteiger partial charge in [0, 0.05) is 10.7 Å². The Morgan fingerprint density at radius 2 is 1.96 bits per heavy atom. The molecule has 2 aliphatic heterocycles. The molecule has 1 fully saturated rings. The van der Waals surface area contributed by atoms with Crippen molar-refractivity contribution in [1.82, 2.24) is 4.90 Å². The molecule has 0 bridgehead atoms. The Hall–Kier alpha value is -0.870. The Balaban J connectivity index is 1.79. The van der Waals surface area contributed by atoms with Gasteiger partial charge in [0.1, 0.15) is 5.84 Å². The predicted molar refractivity (Wildman–Crippen MR) is 103 cm³/mol. The highest BCUT2D eigenvalue weighted by molar-refractivity contribution is 9.12.